The molecule has 1 aromatic rings. The van der Waals surface area contributed by atoms with Crippen LogP contribution in [0.4, 0.5) is 10.5 Å². The van der Waals surface area contributed by atoms with E-state index in [1.54, 1.807) is 0 Å². The number of amides is 2. The van der Waals surface area contributed by atoms with Crippen LogP contribution in [0, 0.1) is 5.41 Å². The van der Waals surface area contributed by atoms with Gasteiger partial charge >= 0.3 is 6.03 Å². The Kier molecular flexibility index (Phi) is 3.19. The lowest BCUT2D eigenvalue weighted by Gasteiger charge is -2.15. The highest BCUT2D eigenvalue weighted by molar-refractivity contribution is 6.00. The van der Waals surface area contributed by atoms with Crippen LogP contribution in [0.15, 0.2) is 18.2 Å². The molecule has 7 nitrogen and oxygen atoms in total. The Morgan fingerprint density at radius 2 is 2.06 bits per heavy atom. The lowest BCUT2D eigenvalue weighted by Crippen LogP contribution is -2.40. The summed E-state index contributed by atoms with van der Waals surface area (Å²) in [5.41, 5.74) is 5.39. The lowest BCUT2D eigenvalue weighted by molar-refractivity contribution is 0.238. The topological polar surface area (TPSA) is 123 Å². The van der Waals surface area contributed by atoms with E-state index in [1.165, 1.54) is 25.2 Å². The van der Waals surface area contributed by atoms with E-state index in [0.717, 1.165) is 4.90 Å². The summed E-state index contributed by atoms with van der Waals surface area (Å²) in [6, 6.07) is 3.21. The minimum atomic E-state index is -0.613. The van der Waals surface area contributed by atoms with Crippen molar-refractivity contribution in [3.05, 3.63) is 18.2 Å². The number of hydrogen-bond donors (Lipinski definition) is 5. The Balaban J connectivity index is 2.77. The molecule has 86 valence electrons. The van der Waals surface area contributed by atoms with Gasteiger partial charge in [-0.05, 0) is 12.1 Å². The van der Waals surface area contributed by atoms with Crippen molar-refractivity contribution in [2.24, 2.45) is 5.73 Å². The number of rotatable bonds is 1. The van der Waals surface area contributed by atoms with Gasteiger partial charge in [-0.1, -0.05) is 0 Å². The predicted octanol–water partition coefficient (Wildman–Crippen LogP) is 0.455. The smallest absolute Gasteiger partial charge is 0.328 e. The third-order valence-corrected chi connectivity index (χ3v) is 1.89. The highest BCUT2D eigenvalue weighted by Crippen LogP contribution is 2.27. The summed E-state index contributed by atoms with van der Waals surface area (Å²) in [5.74, 6) is -1.03. The molecule has 7 heteroatoms. The highest BCUT2D eigenvalue weighted by Gasteiger charge is 2.11. The largest absolute Gasteiger partial charge is 0.504 e. The molecule has 0 radical (unpaired) electrons. The zero-order valence-electron chi connectivity index (χ0n) is 8.56. The van der Waals surface area contributed by atoms with Crippen molar-refractivity contribution in [3.8, 4) is 11.5 Å². The van der Waals surface area contributed by atoms with Gasteiger partial charge in [0.2, 0.25) is 0 Å². The SMILES string of the molecule is CN(C(=N)N)C(=O)Nc1ccc(O)c(O)c1. The second-order valence-electron chi connectivity index (χ2n) is 3.08. The minimum absolute atomic E-state index is 0.280. The zero-order valence-corrected chi connectivity index (χ0v) is 8.56. The number of phenols is 2. The third kappa shape index (κ3) is 2.53. The minimum Gasteiger partial charge on any atom is -0.504 e. The number of aromatic hydroxyl groups is 2. The van der Waals surface area contributed by atoms with E-state index in [2.05, 4.69) is 5.32 Å². The number of carbonyl (C=O) groups is 1. The summed E-state index contributed by atoms with van der Waals surface area (Å²) in [6.07, 6.45) is 0. The number of nitrogens with zero attached hydrogens (tertiary/aromatic N) is 1. The first-order valence-corrected chi connectivity index (χ1v) is 4.32. The number of hydrogen-bond acceptors (Lipinski definition) is 4. The van der Waals surface area contributed by atoms with Crippen molar-refractivity contribution in [1.82, 2.24) is 4.90 Å². The van der Waals surface area contributed by atoms with Crippen molar-refractivity contribution < 1.29 is 15.0 Å². The Morgan fingerprint density at radius 1 is 1.44 bits per heavy atom. The molecule has 0 heterocycles. The average molecular weight is 224 g/mol. The zero-order chi connectivity index (χ0) is 12.3. The van der Waals surface area contributed by atoms with Crippen molar-refractivity contribution in [2.75, 3.05) is 12.4 Å². The third-order valence-electron chi connectivity index (χ3n) is 1.89. The fraction of sp³-hybridized carbons (Fsp3) is 0.111. The van der Waals surface area contributed by atoms with Crippen molar-refractivity contribution >= 4 is 17.7 Å². The monoisotopic (exact) mass is 224 g/mol. The Hall–Kier alpha value is -2.44. The molecule has 0 saturated heterocycles. The number of urea groups is 1. The summed E-state index contributed by atoms with van der Waals surface area (Å²) in [5, 5.41) is 27.6. The van der Waals surface area contributed by atoms with Crippen LogP contribution in [0.25, 0.3) is 0 Å². The van der Waals surface area contributed by atoms with Crippen LogP contribution in [-0.2, 0) is 0 Å². The van der Waals surface area contributed by atoms with Gasteiger partial charge < -0.3 is 21.3 Å². The molecule has 0 fully saturated rings. The summed E-state index contributed by atoms with van der Waals surface area (Å²) in [4.78, 5) is 12.3. The van der Waals surface area contributed by atoms with Crippen molar-refractivity contribution in [1.29, 1.82) is 5.41 Å². The van der Waals surface area contributed by atoms with E-state index in [0.29, 0.717) is 0 Å². The van der Waals surface area contributed by atoms with Gasteiger partial charge in [-0.15, -0.1) is 0 Å². The van der Waals surface area contributed by atoms with Crippen LogP contribution in [0.2, 0.25) is 0 Å². The Morgan fingerprint density at radius 3 is 2.56 bits per heavy atom. The number of anilines is 1. The Labute approximate surface area is 91.6 Å². The Bertz CT molecular complexity index is 433. The summed E-state index contributed by atoms with van der Waals surface area (Å²) in [7, 11) is 1.33. The molecule has 0 aliphatic carbocycles. The number of phenolic OH excluding ortho intramolecular Hbond substituents is 2. The molecule has 1 aromatic carbocycles. The molecule has 0 bridgehead atoms. The first kappa shape index (κ1) is 11.6. The molecule has 1 rings (SSSR count). The first-order chi connectivity index (χ1) is 7.41. The maximum Gasteiger partial charge on any atom is 0.328 e. The van der Waals surface area contributed by atoms with Gasteiger partial charge in [0, 0.05) is 18.8 Å². The molecule has 6 N–H and O–H groups in total. The molecule has 0 unspecified atom stereocenters. The second kappa shape index (κ2) is 4.39. The van der Waals surface area contributed by atoms with E-state index in [-0.39, 0.29) is 17.2 Å². The molecule has 0 aromatic heterocycles. The van der Waals surface area contributed by atoms with Crippen LogP contribution in [0.1, 0.15) is 0 Å². The molecule has 0 spiro atoms. The van der Waals surface area contributed by atoms with Crippen LogP contribution < -0.4 is 11.1 Å². The number of guanidine groups is 1. The van der Waals surface area contributed by atoms with Crippen molar-refractivity contribution in [3.63, 3.8) is 0 Å². The van der Waals surface area contributed by atoms with Gasteiger partial charge in [-0.2, -0.15) is 0 Å². The van der Waals surface area contributed by atoms with Crippen LogP contribution in [0.5, 0.6) is 11.5 Å². The van der Waals surface area contributed by atoms with E-state index in [4.69, 9.17) is 16.2 Å². The van der Waals surface area contributed by atoms with Crippen LogP contribution in [0.3, 0.4) is 0 Å². The van der Waals surface area contributed by atoms with Gasteiger partial charge in [-0.25, -0.2) is 4.79 Å². The molecule has 16 heavy (non-hydrogen) atoms. The second-order valence-corrected chi connectivity index (χ2v) is 3.08. The number of benzene rings is 1. The highest BCUT2D eigenvalue weighted by atomic mass is 16.3. The fourth-order valence-electron chi connectivity index (χ4n) is 0.918. The van der Waals surface area contributed by atoms with E-state index in [9.17, 15) is 9.90 Å². The molecule has 0 atom stereocenters. The molecule has 0 saturated carbocycles. The van der Waals surface area contributed by atoms with E-state index >= 15 is 0 Å². The van der Waals surface area contributed by atoms with Gasteiger partial charge in [0.1, 0.15) is 0 Å². The van der Waals surface area contributed by atoms with Gasteiger partial charge in [0.25, 0.3) is 0 Å². The maximum atomic E-state index is 11.4. The molecule has 0 aliphatic heterocycles. The van der Waals surface area contributed by atoms with Crippen molar-refractivity contribution in [2.45, 2.75) is 0 Å². The van der Waals surface area contributed by atoms with E-state index < -0.39 is 12.0 Å². The molecule has 0 aliphatic rings. The molecule has 2 amide bonds. The quantitative estimate of drug-likeness (QED) is 0.206. The van der Waals surface area contributed by atoms with Gasteiger partial charge in [0.05, 0.1) is 0 Å². The standard InChI is InChI=1S/C9H12N4O3/c1-13(8(10)11)9(16)12-5-2-3-6(14)7(15)4-5/h2-4,14-15H,1H3,(H3,10,11)(H,12,16). The maximum absolute atomic E-state index is 11.4. The normalized spacial score (nSPS) is 9.56. The molecular formula is C9H12N4O3. The van der Waals surface area contributed by atoms with E-state index in [1.807, 2.05) is 0 Å². The van der Waals surface area contributed by atoms with Gasteiger partial charge in [-0.3, -0.25) is 10.3 Å². The summed E-state index contributed by atoms with van der Waals surface area (Å²) in [6.45, 7) is 0. The van der Waals surface area contributed by atoms with Crippen LogP contribution in [-0.4, -0.2) is 34.2 Å². The number of carbonyl (C=O) groups excluding carboxylic acids is 1. The molecular weight excluding hydrogens is 212 g/mol. The van der Waals surface area contributed by atoms with Gasteiger partial charge in [0.15, 0.2) is 17.5 Å². The van der Waals surface area contributed by atoms with Crippen LogP contribution >= 0.6 is 0 Å². The number of nitrogens with two attached hydrogens (primary N) is 1. The lowest BCUT2D eigenvalue weighted by atomic mass is 10.3. The summed E-state index contributed by atoms with van der Waals surface area (Å²) >= 11 is 0. The first-order valence-electron chi connectivity index (χ1n) is 4.32. The fourth-order valence-corrected chi connectivity index (χ4v) is 0.918. The number of nitrogens with one attached hydrogen (secondary N) is 2. The average Bonchev–Trinajstić information content (AvgIpc) is 2.22. The predicted molar refractivity (Wildman–Crippen MR) is 58.5 cm³/mol. The summed E-state index contributed by atoms with van der Waals surface area (Å²) < 4.78 is 0.